The van der Waals surface area contributed by atoms with Gasteiger partial charge < -0.3 is 15.2 Å². The van der Waals surface area contributed by atoms with Crippen molar-refractivity contribution in [3.63, 3.8) is 0 Å². The van der Waals surface area contributed by atoms with Crippen molar-refractivity contribution >= 4 is 11.9 Å². The summed E-state index contributed by atoms with van der Waals surface area (Å²) in [6.07, 6.45) is 2.16. The molecule has 0 saturated carbocycles. The van der Waals surface area contributed by atoms with Crippen molar-refractivity contribution in [1.29, 1.82) is 0 Å². The van der Waals surface area contributed by atoms with E-state index in [9.17, 15) is 14.7 Å². The van der Waals surface area contributed by atoms with Gasteiger partial charge in [0.25, 0.3) is 5.91 Å². The van der Waals surface area contributed by atoms with Gasteiger partial charge in [0.1, 0.15) is 6.04 Å². The molecular weight excluding hydrogens is 270 g/mol. The molecule has 5 heteroatoms. The van der Waals surface area contributed by atoms with Crippen molar-refractivity contribution in [2.75, 3.05) is 6.61 Å². The van der Waals surface area contributed by atoms with Crippen LogP contribution < -0.4 is 5.32 Å². The molecule has 5 nitrogen and oxygen atoms in total. The SMILES string of the molecule is CCCC[C@H](NC(=O)C1OCCc2ccccc21)C(=O)O. The molecule has 1 aromatic carbocycles. The zero-order valence-electron chi connectivity index (χ0n) is 12.2. The Hall–Kier alpha value is -1.88. The van der Waals surface area contributed by atoms with Crippen molar-refractivity contribution in [2.24, 2.45) is 0 Å². The first-order valence-corrected chi connectivity index (χ1v) is 7.36. The van der Waals surface area contributed by atoms with Gasteiger partial charge in [-0.3, -0.25) is 4.79 Å². The van der Waals surface area contributed by atoms with Gasteiger partial charge in [0.05, 0.1) is 6.61 Å². The minimum atomic E-state index is -0.999. The number of ether oxygens (including phenoxy) is 1. The zero-order valence-corrected chi connectivity index (χ0v) is 12.2. The Morgan fingerprint density at radius 3 is 2.90 bits per heavy atom. The van der Waals surface area contributed by atoms with Crippen LogP contribution in [0.25, 0.3) is 0 Å². The average Bonchev–Trinajstić information content (AvgIpc) is 2.50. The Bertz CT molecular complexity index is 515. The van der Waals surface area contributed by atoms with E-state index in [1.807, 2.05) is 31.2 Å². The number of unbranched alkanes of at least 4 members (excludes halogenated alkanes) is 1. The monoisotopic (exact) mass is 291 g/mol. The van der Waals surface area contributed by atoms with E-state index in [2.05, 4.69) is 5.32 Å². The molecule has 0 saturated heterocycles. The minimum Gasteiger partial charge on any atom is -0.480 e. The molecule has 1 aromatic rings. The molecule has 2 atom stereocenters. The lowest BCUT2D eigenvalue weighted by molar-refractivity contribution is -0.145. The maximum absolute atomic E-state index is 12.3. The molecule has 2 N–H and O–H groups in total. The van der Waals surface area contributed by atoms with E-state index < -0.39 is 18.1 Å². The van der Waals surface area contributed by atoms with E-state index in [0.29, 0.717) is 13.0 Å². The van der Waals surface area contributed by atoms with Gasteiger partial charge in [-0.1, -0.05) is 44.0 Å². The molecule has 1 heterocycles. The average molecular weight is 291 g/mol. The Morgan fingerprint density at radius 2 is 2.19 bits per heavy atom. The number of hydrogen-bond donors (Lipinski definition) is 2. The Labute approximate surface area is 124 Å². The number of amides is 1. The number of rotatable bonds is 6. The summed E-state index contributed by atoms with van der Waals surface area (Å²) in [5, 5.41) is 11.8. The fourth-order valence-corrected chi connectivity index (χ4v) is 2.52. The zero-order chi connectivity index (χ0) is 15.2. The number of hydrogen-bond acceptors (Lipinski definition) is 3. The fourth-order valence-electron chi connectivity index (χ4n) is 2.52. The van der Waals surface area contributed by atoms with E-state index in [1.54, 1.807) is 0 Å². The Morgan fingerprint density at radius 1 is 1.43 bits per heavy atom. The lowest BCUT2D eigenvalue weighted by Crippen LogP contribution is -2.44. The summed E-state index contributed by atoms with van der Waals surface area (Å²) < 4.78 is 5.55. The summed E-state index contributed by atoms with van der Waals surface area (Å²) in [5.74, 6) is -1.37. The standard InChI is InChI=1S/C16H21NO4/c1-2-3-8-13(16(19)20)17-15(18)14-12-7-5-4-6-11(12)9-10-21-14/h4-7,13-14H,2-3,8-10H2,1H3,(H,17,18)(H,19,20)/t13-,14?/m0/s1. The van der Waals surface area contributed by atoms with Crippen molar-refractivity contribution in [3.05, 3.63) is 35.4 Å². The van der Waals surface area contributed by atoms with Crippen LogP contribution in [0.2, 0.25) is 0 Å². The fraction of sp³-hybridized carbons (Fsp3) is 0.500. The predicted molar refractivity (Wildman–Crippen MR) is 77.9 cm³/mol. The summed E-state index contributed by atoms with van der Waals surface area (Å²) in [5.41, 5.74) is 1.92. The van der Waals surface area contributed by atoms with Crippen LogP contribution in [0.3, 0.4) is 0 Å². The summed E-state index contributed by atoms with van der Waals surface area (Å²) >= 11 is 0. The third-order valence-electron chi connectivity index (χ3n) is 3.69. The van der Waals surface area contributed by atoms with E-state index in [1.165, 1.54) is 0 Å². The number of carboxylic acids is 1. The van der Waals surface area contributed by atoms with Gasteiger partial charge in [-0.15, -0.1) is 0 Å². The molecule has 1 aliphatic heterocycles. The van der Waals surface area contributed by atoms with Crippen molar-refractivity contribution in [2.45, 2.75) is 44.8 Å². The van der Waals surface area contributed by atoms with Crippen LogP contribution in [0.4, 0.5) is 0 Å². The first kappa shape index (κ1) is 15.5. The number of aliphatic carboxylic acids is 1. The van der Waals surface area contributed by atoms with Crippen LogP contribution >= 0.6 is 0 Å². The predicted octanol–water partition coefficient (Wildman–Crippen LogP) is 2.06. The first-order valence-electron chi connectivity index (χ1n) is 7.36. The van der Waals surface area contributed by atoms with Crippen molar-refractivity contribution < 1.29 is 19.4 Å². The quantitative estimate of drug-likeness (QED) is 0.841. The van der Waals surface area contributed by atoms with Gasteiger partial charge in [0.2, 0.25) is 0 Å². The molecule has 1 amide bonds. The molecule has 2 rings (SSSR count). The maximum Gasteiger partial charge on any atom is 0.326 e. The molecule has 21 heavy (non-hydrogen) atoms. The molecule has 1 aliphatic rings. The highest BCUT2D eigenvalue weighted by Crippen LogP contribution is 2.27. The molecule has 1 unspecified atom stereocenters. The number of fused-ring (bicyclic) bond motifs is 1. The summed E-state index contributed by atoms with van der Waals surface area (Å²) in [6, 6.07) is 6.78. The van der Waals surface area contributed by atoms with Gasteiger partial charge in [-0.2, -0.15) is 0 Å². The second kappa shape index (κ2) is 7.22. The highest BCUT2D eigenvalue weighted by molar-refractivity contribution is 5.87. The third-order valence-corrected chi connectivity index (χ3v) is 3.69. The number of nitrogens with one attached hydrogen (secondary N) is 1. The Balaban J connectivity index is 2.08. The largest absolute Gasteiger partial charge is 0.480 e. The normalized spacial score (nSPS) is 18.6. The molecule has 114 valence electrons. The van der Waals surface area contributed by atoms with Crippen LogP contribution in [0.5, 0.6) is 0 Å². The number of benzene rings is 1. The van der Waals surface area contributed by atoms with Crippen LogP contribution in [-0.2, 0) is 20.7 Å². The highest BCUT2D eigenvalue weighted by Gasteiger charge is 2.30. The summed E-state index contributed by atoms with van der Waals surface area (Å²) in [6.45, 7) is 2.46. The molecule has 0 radical (unpaired) electrons. The lowest BCUT2D eigenvalue weighted by atomic mass is 9.97. The van der Waals surface area contributed by atoms with Crippen LogP contribution in [-0.4, -0.2) is 29.6 Å². The van der Waals surface area contributed by atoms with Crippen molar-refractivity contribution in [1.82, 2.24) is 5.32 Å². The van der Waals surface area contributed by atoms with E-state index in [4.69, 9.17) is 4.74 Å². The maximum atomic E-state index is 12.3. The van der Waals surface area contributed by atoms with Gasteiger partial charge in [-0.25, -0.2) is 4.79 Å². The second-order valence-electron chi connectivity index (χ2n) is 5.24. The molecule has 0 spiro atoms. The summed E-state index contributed by atoms with van der Waals surface area (Å²) in [7, 11) is 0. The van der Waals surface area contributed by atoms with Crippen molar-refractivity contribution in [3.8, 4) is 0 Å². The van der Waals surface area contributed by atoms with Crippen LogP contribution in [0, 0.1) is 0 Å². The topological polar surface area (TPSA) is 75.6 Å². The van der Waals surface area contributed by atoms with E-state index in [-0.39, 0.29) is 5.91 Å². The van der Waals surface area contributed by atoms with Gasteiger partial charge >= 0.3 is 5.97 Å². The smallest absolute Gasteiger partial charge is 0.326 e. The summed E-state index contributed by atoms with van der Waals surface area (Å²) in [4.78, 5) is 23.6. The first-order chi connectivity index (χ1) is 10.1. The second-order valence-corrected chi connectivity index (χ2v) is 5.24. The highest BCUT2D eigenvalue weighted by atomic mass is 16.5. The molecule has 0 aliphatic carbocycles. The van der Waals surface area contributed by atoms with Crippen LogP contribution in [0.15, 0.2) is 24.3 Å². The lowest BCUT2D eigenvalue weighted by Gasteiger charge is -2.26. The van der Waals surface area contributed by atoms with Crippen LogP contribution in [0.1, 0.15) is 43.4 Å². The third kappa shape index (κ3) is 3.82. The van der Waals surface area contributed by atoms with Gasteiger partial charge in [0, 0.05) is 0 Å². The minimum absolute atomic E-state index is 0.370. The molecular formula is C16H21NO4. The molecule has 0 fully saturated rings. The molecule has 0 bridgehead atoms. The Kier molecular flexibility index (Phi) is 5.33. The van der Waals surface area contributed by atoms with E-state index in [0.717, 1.165) is 30.4 Å². The number of carbonyl (C=O) groups excluding carboxylic acids is 1. The molecule has 0 aromatic heterocycles. The number of carbonyl (C=O) groups is 2. The number of carboxylic acid groups (broad SMARTS) is 1. The van der Waals surface area contributed by atoms with Gasteiger partial charge in [-0.05, 0) is 24.0 Å². The van der Waals surface area contributed by atoms with Gasteiger partial charge in [0.15, 0.2) is 6.10 Å². The van der Waals surface area contributed by atoms with E-state index >= 15 is 0 Å².